The van der Waals surface area contributed by atoms with Gasteiger partial charge in [0.15, 0.2) is 5.56 Å². The average molecular weight is 169 g/mol. The van der Waals surface area contributed by atoms with Gasteiger partial charge in [-0.2, -0.15) is 0 Å². The van der Waals surface area contributed by atoms with Crippen molar-refractivity contribution in [1.82, 2.24) is 0 Å². The molecule has 1 saturated heterocycles. The summed E-state index contributed by atoms with van der Waals surface area (Å²) in [7, 11) is 0. The van der Waals surface area contributed by atoms with Crippen molar-refractivity contribution >= 4 is 11.6 Å². The van der Waals surface area contributed by atoms with Crippen molar-refractivity contribution < 1.29 is 4.74 Å². The van der Waals surface area contributed by atoms with E-state index in [4.69, 9.17) is 16.3 Å². The molecular weight excluding hydrogens is 160 g/mol. The van der Waals surface area contributed by atoms with Crippen molar-refractivity contribution in [3.05, 3.63) is 35.9 Å². The minimum atomic E-state index is -0.233. The van der Waals surface area contributed by atoms with E-state index in [0.29, 0.717) is 0 Å². The summed E-state index contributed by atoms with van der Waals surface area (Å²) >= 11 is 5.81. The van der Waals surface area contributed by atoms with Crippen LogP contribution >= 0.6 is 11.6 Å². The van der Waals surface area contributed by atoms with Crippen molar-refractivity contribution in [2.75, 3.05) is 0 Å². The van der Waals surface area contributed by atoms with Crippen LogP contribution in [-0.4, -0.2) is 5.56 Å². The average Bonchev–Trinajstić information content (AvgIpc) is 2.64. The van der Waals surface area contributed by atoms with Gasteiger partial charge in [0.05, 0.1) is 0 Å². The van der Waals surface area contributed by atoms with Gasteiger partial charge in [-0.05, 0) is 12.5 Å². The van der Waals surface area contributed by atoms with Crippen LogP contribution in [0.1, 0.15) is 12.5 Å². The molecule has 1 aromatic rings. The molecule has 1 aliphatic rings. The zero-order chi connectivity index (χ0) is 7.90. The Hall–Kier alpha value is -0.530. The Labute approximate surface area is 70.9 Å². The van der Waals surface area contributed by atoms with Crippen LogP contribution in [0, 0.1) is 0 Å². The van der Waals surface area contributed by atoms with Gasteiger partial charge in [0.25, 0.3) is 0 Å². The molecule has 1 nitrogen and oxygen atoms in total. The molecule has 11 heavy (non-hydrogen) atoms. The van der Waals surface area contributed by atoms with Crippen LogP contribution in [0.25, 0.3) is 0 Å². The summed E-state index contributed by atoms with van der Waals surface area (Å²) in [6.07, 6.45) is 0. The van der Waals surface area contributed by atoms with Crippen molar-refractivity contribution in [3.8, 4) is 0 Å². The second-order valence-corrected chi connectivity index (χ2v) is 3.30. The van der Waals surface area contributed by atoms with E-state index in [9.17, 15) is 0 Å². The van der Waals surface area contributed by atoms with Crippen LogP contribution in [0.5, 0.6) is 0 Å². The number of alkyl halides is 1. The zero-order valence-electron chi connectivity index (χ0n) is 6.25. The molecule has 2 atom stereocenters. The van der Waals surface area contributed by atoms with E-state index < -0.39 is 0 Å². The lowest BCUT2D eigenvalue weighted by Gasteiger charge is -2.03. The van der Waals surface area contributed by atoms with Gasteiger partial charge in [0, 0.05) is 0 Å². The Balaban J connectivity index is 2.32. The largest absolute Gasteiger partial charge is 0.344 e. The third-order valence-electron chi connectivity index (χ3n) is 2.07. The lowest BCUT2D eigenvalue weighted by molar-refractivity contribution is 0.325. The molecule has 0 aliphatic carbocycles. The molecule has 0 amide bonds. The minimum absolute atomic E-state index is 0.148. The maximum Gasteiger partial charge on any atom is 0.165 e. The van der Waals surface area contributed by atoms with Crippen molar-refractivity contribution in [2.24, 2.45) is 0 Å². The first-order chi connectivity index (χ1) is 5.23. The smallest absolute Gasteiger partial charge is 0.165 e. The summed E-state index contributed by atoms with van der Waals surface area (Å²) in [5.41, 5.74) is 0.771. The fraction of sp³-hybridized carbons (Fsp3) is 0.333. The van der Waals surface area contributed by atoms with Gasteiger partial charge >= 0.3 is 0 Å². The molecule has 1 fully saturated rings. The maximum absolute atomic E-state index is 5.81. The van der Waals surface area contributed by atoms with E-state index in [1.807, 2.05) is 37.3 Å². The zero-order valence-corrected chi connectivity index (χ0v) is 7.01. The topological polar surface area (TPSA) is 12.5 Å². The maximum atomic E-state index is 5.81. The molecule has 1 aliphatic heterocycles. The summed E-state index contributed by atoms with van der Waals surface area (Å²) in [6, 6.07) is 10.0. The lowest BCUT2D eigenvalue weighted by atomic mass is 10.0. The molecule has 0 spiro atoms. The van der Waals surface area contributed by atoms with Crippen molar-refractivity contribution in [1.29, 1.82) is 0 Å². The van der Waals surface area contributed by atoms with Gasteiger partial charge in [-0.25, -0.2) is 0 Å². The number of rotatable bonds is 1. The number of hydrogen-bond acceptors (Lipinski definition) is 1. The number of hydrogen-bond donors (Lipinski definition) is 0. The second kappa shape index (κ2) is 2.23. The summed E-state index contributed by atoms with van der Waals surface area (Å²) in [5.74, 6) is 0. The molecule has 1 aromatic carbocycles. The first kappa shape index (κ1) is 7.14. The van der Waals surface area contributed by atoms with Crippen LogP contribution in [0.3, 0.4) is 0 Å². The molecule has 0 N–H and O–H groups in total. The molecule has 2 heteroatoms. The summed E-state index contributed by atoms with van der Waals surface area (Å²) in [5, 5.41) is 0. The first-order valence-electron chi connectivity index (χ1n) is 3.61. The van der Waals surface area contributed by atoms with Gasteiger partial charge in [0.1, 0.15) is 5.60 Å². The van der Waals surface area contributed by atoms with Gasteiger partial charge in [0.2, 0.25) is 0 Å². The van der Waals surface area contributed by atoms with E-state index in [-0.39, 0.29) is 11.2 Å². The Bertz CT molecular complexity index is 260. The highest BCUT2D eigenvalue weighted by Crippen LogP contribution is 2.47. The number of halogens is 1. The molecule has 0 bridgehead atoms. The van der Waals surface area contributed by atoms with Gasteiger partial charge in [-0.3, -0.25) is 0 Å². The molecule has 0 radical (unpaired) electrons. The number of ether oxygens (including phenoxy) is 1. The molecular formula is C9H9ClO. The highest BCUT2D eigenvalue weighted by molar-refractivity contribution is 6.22. The fourth-order valence-corrected chi connectivity index (χ4v) is 1.46. The van der Waals surface area contributed by atoms with E-state index in [0.717, 1.165) is 5.56 Å². The van der Waals surface area contributed by atoms with Crippen molar-refractivity contribution in [3.63, 3.8) is 0 Å². The first-order valence-corrected chi connectivity index (χ1v) is 4.04. The van der Waals surface area contributed by atoms with E-state index in [2.05, 4.69) is 0 Å². The van der Waals surface area contributed by atoms with Crippen LogP contribution in [-0.2, 0) is 10.3 Å². The van der Waals surface area contributed by atoms with Gasteiger partial charge in [-0.15, -0.1) is 0 Å². The monoisotopic (exact) mass is 168 g/mol. The second-order valence-electron chi connectivity index (χ2n) is 2.91. The molecule has 0 aromatic heterocycles. The number of epoxide rings is 1. The predicted octanol–water partition coefficient (Wildman–Crippen LogP) is 2.50. The van der Waals surface area contributed by atoms with Crippen LogP contribution in [0.2, 0.25) is 0 Å². The number of benzene rings is 1. The normalized spacial score (nSPS) is 35.3. The highest BCUT2D eigenvalue weighted by Gasteiger charge is 2.52. The molecule has 58 valence electrons. The Morgan fingerprint density at radius 2 is 1.91 bits per heavy atom. The quantitative estimate of drug-likeness (QED) is 0.464. The highest BCUT2D eigenvalue weighted by atomic mass is 35.5. The van der Waals surface area contributed by atoms with Gasteiger partial charge < -0.3 is 4.74 Å². The Morgan fingerprint density at radius 3 is 2.36 bits per heavy atom. The third-order valence-corrected chi connectivity index (χ3v) is 2.58. The fourth-order valence-electron chi connectivity index (χ4n) is 1.15. The molecule has 0 saturated carbocycles. The van der Waals surface area contributed by atoms with Gasteiger partial charge in [-0.1, -0.05) is 41.9 Å². The van der Waals surface area contributed by atoms with Crippen LogP contribution in [0.15, 0.2) is 30.3 Å². The molecule has 1 heterocycles. The SMILES string of the molecule is C[C@]1(c2ccccc2)O[C@@H]1Cl. The molecule has 0 unspecified atom stereocenters. The van der Waals surface area contributed by atoms with Crippen LogP contribution < -0.4 is 0 Å². The predicted molar refractivity (Wildman–Crippen MR) is 44.5 cm³/mol. The van der Waals surface area contributed by atoms with Crippen LogP contribution in [0.4, 0.5) is 0 Å². The van der Waals surface area contributed by atoms with E-state index >= 15 is 0 Å². The lowest BCUT2D eigenvalue weighted by Crippen LogP contribution is -2.03. The Kier molecular flexibility index (Phi) is 1.44. The Morgan fingerprint density at radius 1 is 1.36 bits per heavy atom. The summed E-state index contributed by atoms with van der Waals surface area (Å²) < 4.78 is 5.26. The van der Waals surface area contributed by atoms with E-state index in [1.54, 1.807) is 0 Å². The molecule has 2 rings (SSSR count). The third kappa shape index (κ3) is 1.05. The minimum Gasteiger partial charge on any atom is -0.344 e. The van der Waals surface area contributed by atoms with E-state index in [1.165, 1.54) is 0 Å². The summed E-state index contributed by atoms with van der Waals surface area (Å²) in [4.78, 5) is 0. The standard InChI is InChI=1S/C9H9ClO/c1-9(8(10)11-9)7-5-3-2-4-6-7/h2-6,8H,1H3/t8-,9+/m0/s1. The van der Waals surface area contributed by atoms with Crippen molar-refractivity contribution in [2.45, 2.75) is 18.1 Å². The summed E-state index contributed by atoms with van der Waals surface area (Å²) in [6.45, 7) is 2.00.